The number of halogens is 1. The fraction of sp³-hybridized carbons (Fsp3) is 0.909. The molecule has 0 aromatic heterocycles. The molecule has 5 heteroatoms. The first-order chi connectivity index (χ1) is 12.1. The Kier molecular flexibility index (Phi) is 13.9. The minimum absolute atomic E-state index is 0.188. The number of rotatable bonds is 12. The van der Waals surface area contributed by atoms with Crippen LogP contribution in [0.1, 0.15) is 94.4 Å². The Bertz CT molecular complexity index is 431. The van der Waals surface area contributed by atoms with E-state index in [-0.39, 0.29) is 17.4 Å². The zero-order chi connectivity index (χ0) is 21.8. The highest BCUT2D eigenvalue weighted by Crippen LogP contribution is 2.30. The molecule has 0 spiro atoms. The highest BCUT2D eigenvalue weighted by molar-refractivity contribution is 5.74. The van der Waals surface area contributed by atoms with E-state index in [4.69, 9.17) is 10.5 Å². The van der Waals surface area contributed by atoms with Crippen LogP contribution in [0.25, 0.3) is 0 Å². The van der Waals surface area contributed by atoms with Crippen molar-refractivity contribution in [3.05, 3.63) is 0 Å². The molecule has 0 saturated heterocycles. The van der Waals surface area contributed by atoms with Gasteiger partial charge in [0, 0.05) is 13.0 Å². The first-order valence-electron chi connectivity index (χ1n) is 10.2. The lowest BCUT2D eigenvalue weighted by atomic mass is 9.77. The monoisotopic (exact) mass is 389 g/mol. The second-order valence-electron chi connectivity index (χ2n) is 9.67. The molecule has 0 aliphatic carbocycles. The van der Waals surface area contributed by atoms with Gasteiger partial charge in [-0.2, -0.15) is 4.39 Å². The summed E-state index contributed by atoms with van der Waals surface area (Å²) in [5.74, 6) is 1.08. The van der Waals surface area contributed by atoms with Gasteiger partial charge in [0.15, 0.2) is 0 Å². The summed E-state index contributed by atoms with van der Waals surface area (Å²) in [6.45, 7) is 18.7. The number of carbonyl (C=O) groups excluding carboxylic acids is 2. The fourth-order valence-corrected chi connectivity index (χ4v) is 2.00. The van der Waals surface area contributed by atoms with Gasteiger partial charge in [0.25, 0.3) is 0 Å². The van der Waals surface area contributed by atoms with Crippen LogP contribution in [-0.4, -0.2) is 24.7 Å². The predicted octanol–water partition coefficient (Wildman–Crippen LogP) is 5.67. The molecule has 0 saturated carbocycles. The summed E-state index contributed by atoms with van der Waals surface area (Å²) >= 11 is 0. The number of hydrogen-bond donors (Lipinski definition) is 1. The van der Waals surface area contributed by atoms with Crippen LogP contribution in [-0.2, 0) is 14.3 Å². The topological polar surface area (TPSA) is 69.4 Å². The van der Waals surface area contributed by atoms with E-state index in [2.05, 4.69) is 41.5 Å². The molecule has 1 unspecified atom stereocenters. The highest BCUT2D eigenvalue weighted by Gasteiger charge is 2.27. The summed E-state index contributed by atoms with van der Waals surface area (Å²) in [6, 6.07) is -1.26. The lowest BCUT2D eigenvalue weighted by molar-refractivity contribution is -0.139. The number of amides is 1. The second kappa shape index (κ2) is 13.2. The molecule has 0 bridgehead atoms. The zero-order valence-electron chi connectivity index (χ0n) is 19.2. The third-order valence-corrected chi connectivity index (χ3v) is 5.39. The Hall–Kier alpha value is -0.970. The van der Waals surface area contributed by atoms with E-state index in [1.54, 1.807) is 13.8 Å². The maximum Gasteiger partial charge on any atom is 0.307 e. The van der Waals surface area contributed by atoms with Crippen LogP contribution >= 0.6 is 0 Å². The van der Waals surface area contributed by atoms with Crippen molar-refractivity contribution in [1.82, 2.24) is 0 Å². The van der Waals surface area contributed by atoms with Gasteiger partial charge in [-0.05, 0) is 49.9 Å². The van der Waals surface area contributed by atoms with Crippen molar-refractivity contribution in [2.24, 2.45) is 28.4 Å². The van der Waals surface area contributed by atoms with Crippen molar-refractivity contribution >= 4 is 11.9 Å². The van der Waals surface area contributed by atoms with E-state index in [9.17, 15) is 14.0 Å². The van der Waals surface area contributed by atoms with Crippen LogP contribution in [0, 0.1) is 22.7 Å². The zero-order valence-corrected chi connectivity index (χ0v) is 19.2. The Morgan fingerprint density at radius 1 is 0.963 bits per heavy atom. The van der Waals surface area contributed by atoms with E-state index in [0.717, 1.165) is 19.3 Å². The number of primary amides is 1. The number of ether oxygens (including phenoxy) is 1. The summed E-state index contributed by atoms with van der Waals surface area (Å²) in [6.07, 6.45) is 4.17. The van der Waals surface area contributed by atoms with E-state index < -0.39 is 11.5 Å². The summed E-state index contributed by atoms with van der Waals surface area (Å²) < 4.78 is 18.1. The van der Waals surface area contributed by atoms with Gasteiger partial charge in [-0.1, -0.05) is 55.4 Å². The molecule has 0 fully saturated rings. The third kappa shape index (κ3) is 15.8. The molecule has 0 aliphatic heterocycles. The minimum atomic E-state index is -1.26. The van der Waals surface area contributed by atoms with Gasteiger partial charge in [0.2, 0.25) is 5.91 Å². The van der Waals surface area contributed by atoms with Gasteiger partial charge in [-0.25, -0.2) is 0 Å². The quantitative estimate of drug-likeness (QED) is 0.437. The average molecular weight is 390 g/mol. The van der Waals surface area contributed by atoms with Gasteiger partial charge in [-0.3, -0.25) is 9.59 Å². The largest absolute Gasteiger partial charge is 0.378 e. The van der Waals surface area contributed by atoms with Gasteiger partial charge >= 0.3 is 6.04 Å². The third-order valence-electron chi connectivity index (χ3n) is 5.39. The molecule has 1 atom stereocenters. The van der Waals surface area contributed by atoms with Gasteiger partial charge < -0.3 is 10.5 Å². The van der Waals surface area contributed by atoms with E-state index in [1.807, 2.05) is 6.92 Å². The Morgan fingerprint density at radius 3 is 1.85 bits per heavy atom. The van der Waals surface area contributed by atoms with E-state index in [0.29, 0.717) is 31.3 Å². The summed E-state index contributed by atoms with van der Waals surface area (Å²) in [5, 5.41) is 0. The molecular formula is C22H44FNO3. The smallest absolute Gasteiger partial charge is 0.307 e. The molecule has 27 heavy (non-hydrogen) atoms. The van der Waals surface area contributed by atoms with Crippen LogP contribution in [0.3, 0.4) is 0 Å². The number of carbonyl (C=O) groups is 2. The maximum atomic E-state index is 12.6. The van der Waals surface area contributed by atoms with Gasteiger partial charge in [-0.15, -0.1) is 0 Å². The molecular weight excluding hydrogens is 345 g/mol. The van der Waals surface area contributed by atoms with Crippen molar-refractivity contribution in [3.63, 3.8) is 0 Å². The molecule has 0 rings (SSSR count). The Morgan fingerprint density at radius 2 is 1.48 bits per heavy atom. The van der Waals surface area contributed by atoms with Gasteiger partial charge in [0.05, 0.1) is 11.5 Å². The number of nitrogens with two attached hydrogens (primary N) is 1. The molecule has 0 heterocycles. The summed E-state index contributed by atoms with van der Waals surface area (Å²) in [7, 11) is 0. The first kappa shape index (κ1) is 28.2. The highest BCUT2D eigenvalue weighted by atomic mass is 19.1. The summed E-state index contributed by atoms with van der Waals surface area (Å²) in [4.78, 5) is 21.1. The standard InChI is InChI=1S/C13H25FO2.C9H19NO/c1-10(2)6-7-11(3)16-9-8-13(4,5)12(14)15;1-7(2)9(3,4)6-5-8(10)11/h10-11H,6-9H2,1-5H3;7H,5-6H2,1-4H3,(H2,10,11). The average Bonchev–Trinajstić information content (AvgIpc) is 2.51. The summed E-state index contributed by atoms with van der Waals surface area (Å²) in [5.41, 5.74) is 4.39. The minimum Gasteiger partial charge on any atom is -0.378 e. The molecule has 2 N–H and O–H groups in total. The van der Waals surface area contributed by atoms with Crippen LogP contribution in [0.4, 0.5) is 4.39 Å². The Labute approximate surface area is 166 Å². The van der Waals surface area contributed by atoms with E-state index >= 15 is 0 Å². The molecule has 0 radical (unpaired) electrons. The first-order valence-corrected chi connectivity index (χ1v) is 10.2. The van der Waals surface area contributed by atoms with Crippen LogP contribution < -0.4 is 5.73 Å². The maximum absolute atomic E-state index is 12.6. The van der Waals surface area contributed by atoms with Crippen molar-refractivity contribution in [1.29, 1.82) is 0 Å². The van der Waals surface area contributed by atoms with Crippen molar-refractivity contribution in [3.8, 4) is 0 Å². The van der Waals surface area contributed by atoms with Crippen molar-refractivity contribution in [2.75, 3.05) is 6.61 Å². The fourth-order valence-electron chi connectivity index (χ4n) is 2.00. The van der Waals surface area contributed by atoms with Crippen LogP contribution in [0.15, 0.2) is 0 Å². The molecule has 1 amide bonds. The molecule has 0 aromatic carbocycles. The van der Waals surface area contributed by atoms with Crippen molar-refractivity contribution < 1.29 is 18.7 Å². The molecule has 162 valence electrons. The SMILES string of the molecule is CC(C)C(C)(C)CCC(N)=O.CC(C)CCC(C)OCCC(C)(C)C(=O)F. The molecule has 4 nitrogen and oxygen atoms in total. The lowest BCUT2D eigenvalue weighted by Crippen LogP contribution is -2.23. The lowest BCUT2D eigenvalue weighted by Gasteiger charge is -2.28. The van der Waals surface area contributed by atoms with Crippen LogP contribution in [0.2, 0.25) is 0 Å². The van der Waals surface area contributed by atoms with Gasteiger partial charge in [0.1, 0.15) is 0 Å². The van der Waals surface area contributed by atoms with Crippen molar-refractivity contribution in [2.45, 2.75) is 101 Å². The molecule has 0 aliphatic rings. The Balaban J connectivity index is 0. The second-order valence-corrected chi connectivity index (χ2v) is 9.67. The molecule has 0 aromatic rings. The normalized spacial score (nSPS) is 13.3. The number of hydrogen-bond acceptors (Lipinski definition) is 3. The van der Waals surface area contributed by atoms with E-state index in [1.165, 1.54) is 0 Å². The predicted molar refractivity (Wildman–Crippen MR) is 111 cm³/mol. The van der Waals surface area contributed by atoms with Crippen LogP contribution in [0.5, 0.6) is 0 Å².